The maximum Gasteiger partial charge on any atom is 0.274 e. The van der Waals surface area contributed by atoms with Crippen LogP contribution in [0.3, 0.4) is 0 Å². The topological polar surface area (TPSA) is 93.7 Å². The van der Waals surface area contributed by atoms with Crippen LogP contribution in [0.25, 0.3) is 0 Å². The van der Waals surface area contributed by atoms with Gasteiger partial charge in [-0.2, -0.15) is 0 Å². The summed E-state index contributed by atoms with van der Waals surface area (Å²) in [4.78, 5) is 35.6. The zero-order chi connectivity index (χ0) is 22.1. The predicted molar refractivity (Wildman–Crippen MR) is 117 cm³/mol. The number of hydrogen-bond acceptors (Lipinski definition) is 6. The van der Waals surface area contributed by atoms with Crippen molar-refractivity contribution in [1.82, 2.24) is 14.9 Å². The number of anilines is 1. The van der Waals surface area contributed by atoms with Gasteiger partial charge in [0, 0.05) is 37.2 Å². The first-order chi connectivity index (χ1) is 15.6. The van der Waals surface area contributed by atoms with E-state index in [-0.39, 0.29) is 11.8 Å². The number of ether oxygens (including phenoxy) is 2. The SMILES string of the molecule is COc1cc2c(cc1Oc1ccccc1)NC(=O)C21CCN(C(=O)c2cnccn2)CC1. The Kier molecular flexibility index (Phi) is 4.97. The van der Waals surface area contributed by atoms with Crippen LogP contribution < -0.4 is 14.8 Å². The van der Waals surface area contributed by atoms with E-state index in [1.165, 1.54) is 18.6 Å². The maximum atomic E-state index is 13.1. The molecular weight excluding hydrogens is 408 g/mol. The van der Waals surface area contributed by atoms with E-state index in [2.05, 4.69) is 15.3 Å². The predicted octanol–water partition coefficient (Wildman–Crippen LogP) is 3.40. The molecule has 2 aliphatic rings. The van der Waals surface area contributed by atoms with Crippen LogP contribution in [-0.2, 0) is 10.2 Å². The Labute approximate surface area is 185 Å². The number of carbonyl (C=O) groups excluding carboxylic acids is 2. The molecule has 1 aromatic heterocycles. The van der Waals surface area contributed by atoms with Gasteiger partial charge < -0.3 is 19.7 Å². The Hall–Kier alpha value is -3.94. The van der Waals surface area contributed by atoms with Gasteiger partial charge in [0.1, 0.15) is 11.4 Å². The first kappa shape index (κ1) is 20.0. The van der Waals surface area contributed by atoms with Gasteiger partial charge in [-0.3, -0.25) is 14.6 Å². The second-order valence-electron chi connectivity index (χ2n) is 7.88. The van der Waals surface area contributed by atoms with E-state index in [0.29, 0.717) is 48.9 Å². The van der Waals surface area contributed by atoms with Crippen LogP contribution in [0.1, 0.15) is 28.9 Å². The third-order valence-corrected chi connectivity index (χ3v) is 6.16. The van der Waals surface area contributed by atoms with Gasteiger partial charge in [0.15, 0.2) is 11.5 Å². The maximum absolute atomic E-state index is 13.1. The molecule has 5 rings (SSSR count). The van der Waals surface area contributed by atoms with E-state index in [0.717, 1.165) is 11.3 Å². The van der Waals surface area contributed by atoms with Crippen LogP contribution in [0.2, 0.25) is 0 Å². The number of amides is 2. The Morgan fingerprint density at radius 1 is 1.09 bits per heavy atom. The van der Waals surface area contributed by atoms with Crippen molar-refractivity contribution in [1.29, 1.82) is 0 Å². The van der Waals surface area contributed by atoms with Crippen molar-refractivity contribution in [2.75, 3.05) is 25.5 Å². The fourth-order valence-corrected chi connectivity index (χ4v) is 4.44. The van der Waals surface area contributed by atoms with E-state index in [4.69, 9.17) is 9.47 Å². The highest BCUT2D eigenvalue weighted by atomic mass is 16.5. The van der Waals surface area contributed by atoms with Crippen molar-refractivity contribution in [3.05, 3.63) is 72.3 Å². The summed E-state index contributed by atoms with van der Waals surface area (Å²) in [5.41, 5.74) is 1.21. The van der Waals surface area contributed by atoms with Crippen molar-refractivity contribution < 1.29 is 19.1 Å². The molecule has 3 heterocycles. The number of likely N-dealkylation sites (tertiary alicyclic amines) is 1. The molecule has 32 heavy (non-hydrogen) atoms. The number of benzene rings is 2. The third-order valence-electron chi connectivity index (χ3n) is 6.16. The lowest BCUT2D eigenvalue weighted by molar-refractivity contribution is -0.122. The normalized spacial score (nSPS) is 16.4. The molecule has 3 aromatic rings. The number of rotatable bonds is 4. The van der Waals surface area contributed by atoms with E-state index in [1.54, 1.807) is 12.0 Å². The van der Waals surface area contributed by atoms with Crippen molar-refractivity contribution >= 4 is 17.5 Å². The van der Waals surface area contributed by atoms with Gasteiger partial charge in [0.05, 0.1) is 18.7 Å². The van der Waals surface area contributed by atoms with Crippen molar-refractivity contribution in [3.8, 4) is 17.2 Å². The molecule has 2 aliphatic heterocycles. The molecule has 0 unspecified atom stereocenters. The van der Waals surface area contributed by atoms with Gasteiger partial charge >= 0.3 is 0 Å². The molecule has 0 aliphatic carbocycles. The smallest absolute Gasteiger partial charge is 0.274 e. The summed E-state index contributed by atoms with van der Waals surface area (Å²) in [5, 5.41) is 3.01. The van der Waals surface area contributed by atoms with Gasteiger partial charge in [0.25, 0.3) is 5.91 Å². The summed E-state index contributed by atoms with van der Waals surface area (Å²) in [6, 6.07) is 13.1. The lowest BCUT2D eigenvalue weighted by Gasteiger charge is -2.37. The quantitative estimate of drug-likeness (QED) is 0.682. The minimum atomic E-state index is -0.701. The van der Waals surface area contributed by atoms with Crippen molar-refractivity contribution in [2.45, 2.75) is 18.3 Å². The monoisotopic (exact) mass is 430 g/mol. The average molecular weight is 430 g/mol. The first-order valence-electron chi connectivity index (χ1n) is 10.4. The number of carbonyl (C=O) groups is 2. The Balaban J connectivity index is 1.41. The van der Waals surface area contributed by atoms with Crippen molar-refractivity contribution in [2.24, 2.45) is 0 Å². The lowest BCUT2D eigenvalue weighted by Crippen LogP contribution is -2.48. The summed E-state index contributed by atoms with van der Waals surface area (Å²) in [6.07, 6.45) is 5.52. The van der Waals surface area contributed by atoms with Gasteiger partial charge in [-0.25, -0.2) is 4.98 Å². The molecule has 8 heteroatoms. The molecule has 1 fully saturated rings. The van der Waals surface area contributed by atoms with Gasteiger partial charge in [-0.15, -0.1) is 0 Å². The second-order valence-corrected chi connectivity index (χ2v) is 7.88. The summed E-state index contributed by atoms with van der Waals surface area (Å²) in [6.45, 7) is 0.902. The second kappa shape index (κ2) is 7.96. The van der Waals surface area contributed by atoms with E-state index < -0.39 is 5.41 Å². The lowest BCUT2D eigenvalue weighted by atomic mass is 9.73. The van der Waals surface area contributed by atoms with Crippen molar-refractivity contribution in [3.63, 3.8) is 0 Å². The number of nitrogens with one attached hydrogen (secondary N) is 1. The highest BCUT2D eigenvalue weighted by molar-refractivity contribution is 6.07. The number of hydrogen-bond donors (Lipinski definition) is 1. The van der Waals surface area contributed by atoms with Crippen LogP contribution >= 0.6 is 0 Å². The number of methoxy groups -OCH3 is 1. The highest BCUT2D eigenvalue weighted by Crippen LogP contribution is 2.49. The molecule has 162 valence electrons. The molecule has 0 saturated carbocycles. The minimum absolute atomic E-state index is 0.0574. The molecule has 2 amide bonds. The molecule has 2 aromatic carbocycles. The van der Waals surface area contributed by atoms with Gasteiger partial charge in [-0.05, 0) is 36.6 Å². The molecule has 0 bridgehead atoms. The molecule has 0 radical (unpaired) electrons. The number of para-hydroxylation sites is 1. The average Bonchev–Trinajstić information content (AvgIpc) is 3.09. The standard InChI is InChI=1S/C24H22N4O4/c1-31-20-13-17-18(14-21(20)32-16-5-3-2-4-6-16)27-23(30)24(17)7-11-28(12-8-24)22(29)19-15-25-9-10-26-19/h2-6,9-10,13-15H,7-8,11-12H2,1H3,(H,27,30). The number of nitrogens with zero attached hydrogens (tertiary/aromatic N) is 3. The Morgan fingerprint density at radius 3 is 2.56 bits per heavy atom. The van der Waals surface area contributed by atoms with E-state index in [9.17, 15) is 9.59 Å². The fraction of sp³-hybridized carbons (Fsp3) is 0.250. The van der Waals surface area contributed by atoms with Crippen LogP contribution in [-0.4, -0.2) is 46.9 Å². The van der Waals surface area contributed by atoms with Crippen LogP contribution in [0, 0.1) is 0 Å². The Morgan fingerprint density at radius 2 is 1.88 bits per heavy atom. The largest absolute Gasteiger partial charge is 0.493 e. The molecule has 1 saturated heterocycles. The van der Waals surface area contributed by atoms with Crippen LogP contribution in [0.4, 0.5) is 5.69 Å². The summed E-state index contributed by atoms with van der Waals surface area (Å²) < 4.78 is 11.6. The van der Waals surface area contributed by atoms with E-state index in [1.807, 2.05) is 42.5 Å². The molecule has 8 nitrogen and oxygen atoms in total. The summed E-state index contributed by atoms with van der Waals surface area (Å²) in [5.74, 6) is 1.54. The fourth-order valence-electron chi connectivity index (χ4n) is 4.44. The third kappa shape index (κ3) is 3.33. The molecule has 1 N–H and O–H groups in total. The molecular formula is C24H22N4O4. The number of fused-ring (bicyclic) bond motifs is 2. The number of aromatic nitrogens is 2. The van der Waals surface area contributed by atoms with Crippen LogP contribution in [0.15, 0.2) is 61.1 Å². The van der Waals surface area contributed by atoms with Gasteiger partial charge in [-0.1, -0.05) is 18.2 Å². The number of piperidine rings is 1. The molecule has 0 atom stereocenters. The molecule has 1 spiro atoms. The Bertz CT molecular complexity index is 1160. The van der Waals surface area contributed by atoms with E-state index >= 15 is 0 Å². The first-order valence-corrected chi connectivity index (χ1v) is 10.4. The van der Waals surface area contributed by atoms with Gasteiger partial charge in [0.2, 0.25) is 5.91 Å². The summed E-state index contributed by atoms with van der Waals surface area (Å²) in [7, 11) is 1.58. The summed E-state index contributed by atoms with van der Waals surface area (Å²) >= 11 is 0. The zero-order valence-electron chi connectivity index (χ0n) is 17.6. The highest BCUT2D eigenvalue weighted by Gasteiger charge is 2.49. The van der Waals surface area contributed by atoms with Crippen LogP contribution in [0.5, 0.6) is 17.2 Å². The minimum Gasteiger partial charge on any atom is -0.493 e. The zero-order valence-corrected chi connectivity index (χ0v) is 17.6.